The lowest BCUT2D eigenvalue weighted by Crippen LogP contribution is -2.26. The second kappa shape index (κ2) is 4.46. The monoisotopic (exact) mass is 227 g/mol. The molecule has 1 N–H and O–H groups in total. The highest BCUT2D eigenvalue weighted by atomic mass is 32.2. The SMILES string of the molecule is C=CCN(C)S(=O)(=O)c1cccc(O)c1. The molecule has 0 aromatic heterocycles. The summed E-state index contributed by atoms with van der Waals surface area (Å²) in [6.45, 7) is 3.70. The fourth-order valence-electron chi connectivity index (χ4n) is 1.10. The minimum absolute atomic E-state index is 0.0666. The number of sulfonamides is 1. The first kappa shape index (κ1) is 11.7. The number of phenolic OH excluding ortho intramolecular Hbond substituents is 1. The molecule has 0 aliphatic rings. The Morgan fingerprint density at radius 3 is 2.73 bits per heavy atom. The van der Waals surface area contributed by atoms with Crippen LogP contribution in [0, 0.1) is 0 Å². The van der Waals surface area contributed by atoms with Gasteiger partial charge < -0.3 is 5.11 Å². The van der Waals surface area contributed by atoms with Crippen LogP contribution in [0.4, 0.5) is 0 Å². The Balaban J connectivity index is 3.11. The third kappa shape index (κ3) is 2.57. The van der Waals surface area contributed by atoms with Crippen LogP contribution in [0.5, 0.6) is 5.75 Å². The van der Waals surface area contributed by atoms with Gasteiger partial charge in [0.15, 0.2) is 0 Å². The first-order valence-corrected chi connectivity index (χ1v) is 5.79. The van der Waals surface area contributed by atoms with Gasteiger partial charge in [0.1, 0.15) is 5.75 Å². The van der Waals surface area contributed by atoms with E-state index in [4.69, 9.17) is 0 Å². The predicted molar refractivity (Wildman–Crippen MR) is 58.1 cm³/mol. The van der Waals surface area contributed by atoms with Crippen molar-refractivity contribution in [2.75, 3.05) is 13.6 Å². The van der Waals surface area contributed by atoms with Crippen molar-refractivity contribution in [3.8, 4) is 5.75 Å². The van der Waals surface area contributed by atoms with Crippen LogP contribution in [0.15, 0.2) is 41.8 Å². The number of aromatic hydroxyl groups is 1. The fourth-order valence-corrected chi connectivity index (χ4v) is 2.29. The molecule has 0 heterocycles. The summed E-state index contributed by atoms with van der Waals surface area (Å²) in [4.78, 5) is 0.0758. The summed E-state index contributed by atoms with van der Waals surface area (Å²) in [6, 6.07) is 5.57. The summed E-state index contributed by atoms with van der Waals surface area (Å²) < 4.78 is 24.8. The van der Waals surface area contributed by atoms with E-state index in [9.17, 15) is 13.5 Å². The van der Waals surface area contributed by atoms with Crippen LogP contribution >= 0.6 is 0 Å². The molecule has 1 aromatic carbocycles. The third-order valence-corrected chi connectivity index (χ3v) is 3.73. The number of benzene rings is 1. The molecule has 0 aliphatic heterocycles. The molecule has 1 aromatic rings. The molecule has 0 radical (unpaired) electrons. The Morgan fingerprint density at radius 2 is 2.20 bits per heavy atom. The van der Waals surface area contributed by atoms with Crippen molar-refractivity contribution in [1.82, 2.24) is 4.31 Å². The lowest BCUT2D eigenvalue weighted by atomic mass is 10.3. The maximum absolute atomic E-state index is 11.8. The summed E-state index contributed by atoms with van der Waals surface area (Å²) in [7, 11) is -2.06. The summed E-state index contributed by atoms with van der Waals surface area (Å²) in [5, 5.41) is 9.18. The van der Waals surface area contributed by atoms with Gasteiger partial charge in [-0.25, -0.2) is 8.42 Å². The zero-order chi connectivity index (χ0) is 11.5. The molecule has 0 bridgehead atoms. The minimum atomic E-state index is -3.52. The van der Waals surface area contributed by atoms with Gasteiger partial charge in [-0.05, 0) is 18.2 Å². The van der Waals surface area contributed by atoms with E-state index >= 15 is 0 Å². The number of nitrogens with zero attached hydrogens (tertiary/aromatic N) is 1. The highest BCUT2D eigenvalue weighted by Crippen LogP contribution is 2.18. The van der Waals surface area contributed by atoms with Crippen LogP contribution < -0.4 is 0 Å². The first-order valence-electron chi connectivity index (χ1n) is 4.34. The van der Waals surface area contributed by atoms with Crippen LogP contribution in [0.1, 0.15) is 0 Å². The van der Waals surface area contributed by atoms with Gasteiger partial charge in [-0.3, -0.25) is 0 Å². The molecule has 0 spiro atoms. The molecule has 0 amide bonds. The Labute approximate surface area is 89.5 Å². The van der Waals surface area contributed by atoms with E-state index in [1.807, 2.05) is 0 Å². The number of phenols is 1. The lowest BCUT2D eigenvalue weighted by Gasteiger charge is -2.14. The van der Waals surface area contributed by atoms with Crippen LogP contribution in [0.3, 0.4) is 0 Å². The molecule has 82 valence electrons. The molecular weight excluding hydrogens is 214 g/mol. The van der Waals surface area contributed by atoms with Crippen molar-refractivity contribution in [2.24, 2.45) is 0 Å². The largest absolute Gasteiger partial charge is 0.508 e. The van der Waals surface area contributed by atoms with Crippen LogP contribution in [0.25, 0.3) is 0 Å². The average molecular weight is 227 g/mol. The van der Waals surface area contributed by atoms with E-state index in [-0.39, 0.29) is 17.2 Å². The fraction of sp³-hybridized carbons (Fsp3) is 0.200. The number of hydrogen-bond donors (Lipinski definition) is 1. The molecule has 1 rings (SSSR count). The van der Waals surface area contributed by atoms with Gasteiger partial charge in [-0.1, -0.05) is 12.1 Å². The average Bonchev–Trinajstić information content (AvgIpc) is 2.18. The van der Waals surface area contributed by atoms with Gasteiger partial charge >= 0.3 is 0 Å². The van der Waals surface area contributed by atoms with Gasteiger partial charge in [-0.2, -0.15) is 4.31 Å². The zero-order valence-electron chi connectivity index (χ0n) is 8.42. The minimum Gasteiger partial charge on any atom is -0.508 e. The van der Waals surface area contributed by atoms with Gasteiger partial charge in [0.05, 0.1) is 4.90 Å². The topological polar surface area (TPSA) is 57.6 Å². The van der Waals surface area contributed by atoms with E-state index in [1.54, 1.807) is 0 Å². The summed E-state index contributed by atoms with van der Waals surface area (Å²) in [5.74, 6) is -0.0666. The molecule has 0 atom stereocenters. The Bertz CT molecular complexity index is 453. The smallest absolute Gasteiger partial charge is 0.243 e. The van der Waals surface area contributed by atoms with E-state index in [0.717, 1.165) is 4.31 Å². The second-order valence-corrected chi connectivity index (χ2v) is 5.12. The number of hydrogen-bond acceptors (Lipinski definition) is 3. The van der Waals surface area contributed by atoms with Crippen LogP contribution in [-0.4, -0.2) is 31.4 Å². The van der Waals surface area contributed by atoms with Gasteiger partial charge in [0, 0.05) is 13.6 Å². The van der Waals surface area contributed by atoms with Gasteiger partial charge in [0.2, 0.25) is 10.0 Å². The van der Waals surface area contributed by atoms with Gasteiger partial charge in [-0.15, -0.1) is 6.58 Å². The molecule has 5 heteroatoms. The van der Waals surface area contributed by atoms with Crippen LogP contribution in [-0.2, 0) is 10.0 Å². The third-order valence-electron chi connectivity index (χ3n) is 1.91. The number of rotatable bonds is 4. The first-order chi connectivity index (χ1) is 6.98. The second-order valence-electron chi connectivity index (χ2n) is 3.07. The zero-order valence-corrected chi connectivity index (χ0v) is 9.24. The summed E-state index contributed by atoms with van der Waals surface area (Å²) in [5.41, 5.74) is 0. The van der Waals surface area contributed by atoms with Gasteiger partial charge in [0.25, 0.3) is 0 Å². The van der Waals surface area contributed by atoms with Crippen molar-refractivity contribution in [3.63, 3.8) is 0 Å². The quantitative estimate of drug-likeness (QED) is 0.786. The number of likely N-dealkylation sites (N-methyl/N-ethyl adjacent to an activating group) is 1. The van der Waals surface area contributed by atoms with Crippen molar-refractivity contribution in [1.29, 1.82) is 0 Å². The normalized spacial score (nSPS) is 11.6. The van der Waals surface area contributed by atoms with Crippen LogP contribution in [0.2, 0.25) is 0 Å². The summed E-state index contributed by atoms with van der Waals surface area (Å²) in [6.07, 6.45) is 1.50. The highest BCUT2D eigenvalue weighted by Gasteiger charge is 2.19. The molecule has 15 heavy (non-hydrogen) atoms. The maximum Gasteiger partial charge on any atom is 0.243 e. The molecule has 0 saturated heterocycles. The molecule has 4 nitrogen and oxygen atoms in total. The van der Waals surface area contributed by atoms with Crippen molar-refractivity contribution in [3.05, 3.63) is 36.9 Å². The summed E-state index contributed by atoms with van der Waals surface area (Å²) >= 11 is 0. The Morgan fingerprint density at radius 1 is 1.53 bits per heavy atom. The molecule has 0 fully saturated rings. The predicted octanol–water partition coefficient (Wildman–Crippen LogP) is 1.20. The molecule has 0 aliphatic carbocycles. The van der Waals surface area contributed by atoms with Crippen molar-refractivity contribution in [2.45, 2.75) is 4.90 Å². The van der Waals surface area contributed by atoms with E-state index in [0.29, 0.717) is 0 Å². The molecular formula is C10H13NO3S. The van der Waals surface area contributed by atoms with Crippen molar-refractivity contribution < 1.29 is 13.5 Å². The Hall–Kier alpha value is -1.33. The maximum atomic E-state index is 11.8. The standard InChI is InChI=1S/C10H13NO3S/c1-3-7-11(2)15(13,14)10-6-4-5-9(12)8-10/h3-6,8,12H,1,7H2,2H3. The Kier molecular flexibility index (Phi) is 3.49. The van der Waals surface area contributed by atoms with E-state index < -0.39 is 10.0 Å². The van der Waals surface area contributed by atoms with E-state index in [1.165, 1.54) is 37.4 Å². The highest BCUT2D eigenvalue weighted by molar-refractivity contribution is 7.89. The lowest BCUT2D eigenvalue weighted by molar-refractivity contribution is 0.470. The molecule has 0 saturated carbocycles. The van der Waals surface area contributed by atoms with E-state index in [2.05, 4.69) is 6.58 Å². The van der Waals surface area contributed by atoms with Crippen molar-refractivity contribution >= 4 is 10.0 Å². The molecule has 0 unspecified atom stereocenters.